The molecule has 2 saturated heterocycles. The monoisotopic (exact) mass is 347 g/mol. The number of thiazole rings is 1. The van der Waals surface area contributed by atoms with Crippen LogP contribution in [0.25, 0.3) is 0 Å². The van der Waals surface area contributed by atoms with E-state index in [4.69, 9.17) is 9.47 Å². The lowest BCUT2D eigenvalue weighted by atomic mass is 10.0. The van der Waals surface area contributed by atoms with Crippen LogP contribution in [0.15, 0.2) is 23.7 Å². The van der Waals surface area contributed by atoms with E-state index in [-0.39, 0.29) is 24.0 Å². The third-order valence-electron chi connectivity index (χ3n) is 4.88. The molecule has 0 aliphatic carbocycles. The first-order valence-corrected chi connectivity index (χ1v) is 9.04. The number of aryl methyl sites for hydroxylation is 2. The zero-order chi connectivity index (χ0) is 16.7. The van der Waals surface area contributed by atoms with Gasteiger partial charge in [0.15, 0.2) is 0 Å². The van der Waals surface area contributed by atoms with Crippen LogP contribution >= 0.6 is 11.3 Å². The molecule has 2 aromatic heterocycles. The van der Waals surface area contributed by atoms with Crippen LogP contribution in [0.4, 0.5) is 0 Å². The fourth-order valence-corrected chi connectivity index (χ4v) is 4.20. The van der Waals surface area contributed by atoms with Gasteiger partial charge in [0.1, 0.15) is 5.69 Å². The van der Waals surface area contributed by atoms with Crippen LogP contribution in [-0.2, 0) is 23.1 Å². The number of carbonyl (C=O) groups excluding carboxylic acids is 1. The molecule has 24 heavy (non-hydrogen) atoms. The molecular formula is C17H21N3O3S. The van der Waals surface area contributed by atoms with E-state index in [0.29, 0.717) is 32.1 Å². The SMILES string of the molecule is Cc1nc(CO[C@H]2CN(C(=O)c3cccn3C)[C@@H]3COC[C@H]23)cs1. The molecule has 2 aliphatic rings. The molecule has 0 N–H and O–H groups in total. The fraction of sp³-hybridized carbons (Fsp3) is 0.529. The zero-order valence-corrected chi connectivity index (χ0v) is 14.7. The van der Waals surface area contributed by atoms with Crippen LogP contribution in [-0.4, -0.2) is 52.3 Å². The van der Waals surface area contributed by atoms with Crippen molar-refractivity contribution in [2.75, 3.05) is 19.8 Å². The van der Waals surface area contributed by atoms with Crippen LogP contribution in [0.2, 0.25) is 0 Å². The smallest absolute Gasteiger partial charge is 0.270 e. The molecule has 0 bridgehead atoms. The summed E-state index contributed by atoms with van der Waals surface area (Å²) in [7, 11) is 1.89. The Bertz CT molecular complexity index is 741. The highest BCUT2D eigenvalue weighted by atomic mass is 32.1. The average molecular weight is 347 g/mol. The number of carbonyl (C=O) groups is 1. The summed E-state index contributed by atoms with van der Waals surface area (Å²) >= 11 is 1.63. The van der Waals surface area contributed by atoms with Crippen LogP contribution in [0.1, 0.15) is 21.2 Å². The molecule has 1 amide bonds. The number of hydrogen-bond acceptors (Lipinski definition) is 5. The minimum absolute atomic E-state index is 0.00345. The Morgan fingerprint density at radius 1 is 1.50 bits per heavy atom. The van der Waals surface area contributed by atoms with E-state index < -0.39 is 0 Å². The van der Waals surface area contributed by atoms with E-state index in [9.17, 15) is 4.79 Å². The van der Waals surface area contributed by atoms with E-state index in [0.717, 1.165) is 10.7 Å². The number of likely N-dealkylation sites (tertiary alicyclic amines) is 1. The van der Waals surface area contributed by atoms with Gasteiger partial charge >= 0.3 is 0 Å². The summed E-state index contributed by atoms with van der Waals surface area (Å²) in [6, 6.07) is 3.86. The maximum atomic E-state index is 12.9. The van der Waals surface area contributed by atoms with E-state index in [2.05, 4.69) is 4.98 Å². The van der Waals surface area contributed by atoms with Gasteiger partial charge in [0.05, 0.1) is 42.7 Å². The Balaban J connectivity index is 1.47. The summed E-state index contributed by atoms with van der Waals surface area (Å²) in [4.78, 5) is 19.2. The second kappa shape index (κ2) is 6.31. The van der Waals surface area contributed by atoms with E-state index in [1.54, 1.807) is 11.3 Å². The topological polar surface area (TPSA) is 56.6 Å². The van der Waals surface area contributed by atoms with Gasteiger partial charge in [-0.1, -0.05) is 0 Å². The van der Waals surface area contributed by atoms with Crippen molar-refractivity contribution >= 4 is 17.2 Å². The van der Waals surface area contributed by atoms with Gasteiger partial charge in [0.2, 0.25) is 0 Å². The standard InChI is InChI=1S/C17H21N3O3S/c1-11-18-12(10-24-11)7-23-16-6-20(15-9-22-8-13(15)16)17(21)14-4-3-5-19(14)2/h3-5,10,13,15-16H,6-9H2,1-2H3/t13-,15+,16-/m0/s1. The number of fused-ring (bicyclic) bond motifs is 1. The van der Waals surface area contributed by atoms with Gasteiger partial charge in [-0.25, -0.2) is 4.98 Å². The molecule has 128 valence electrons. The summed E-state index contributed by atoms with van der Waals surface area (Å²) < 4.78 is 13.6. The number of ether oxygens (including phenoxy) is 2. The van der Waals surface area contributed by atoms with Crippen molar-refractivity contribution in [2.45, 2.75) is 25.7 Å². The number of hydrogen-bond donors (Lipinski definition) is 0. The number of amides is 1. The lowest BCUT2D eigenvalue weighted by molar-refractivity contribution is 0.00808. The summed E-state index contributed by atoms with van der Waals surface area (Å²) in [5.74, 6) is 0.299. The Morgan fingerprint density at radius 3 is 3.08 bits per heavy atom. The predicted octanol–water partition coefficient (Wildman–Crippen LogP) is 1.85. The highest BCUT2D eigenvalue weighted by molar-refractivity contribution is 7.09. The molecule has 0 unspecified atom stereocenters. The molecule has 2 aliphatic heterocycles. The summed E-state index contributed by atoms with van der Waals surface area (Å²) in [6.45, 7) is 4.35. The molecular weight excluding hydrogens is 326 g/mol. The Labute approximate surface area is 145 Å². The maximum absolute atomic E-state index is 12.9. The van der Waals surface area contributed by atoms with Crippen LogP contribution in [0.5, 0.6) is 0 Å². The molecule has 4 rings (SSSR count). The van der Waals surface area contributed by atoms with Crippen molar-refractivity contribution < 1.29 is 14.3 Å². The molecule has 0 radical (unpaired) electrons. The summed E-state index contributed by atoms with van der Waals surface area (Å²) in [5.41, 5.74) is 1.66. The molecule has 2 fully saturated rings. The third kappa shape index (κ3) is 2.76. The molecule has 0 aromatic carbocycles. The lowest BCUT2D eigenvalue weighted by Crippen LogP contribution is -2.38. The number of aromatic nitrogens is 2. The van der Waals surface area contributed by atoms with Crippen LogP contribution in [0, 0.1) is 12.8 Å². The molecule has 0 saturated carbocycles. The normalized spacial score (nSPS) is 26.1. The predicted molar refractivity (Wildman–Crippen MR) is 90.0 cm³/mol. The Morgan fingerprint density at radius 2 is 2.38 bits per heavy atom. The Kier molecular flexibility index (Phi) is 4.15. The minimum atomic E-state index is 0.00345. The summed E-state index contributed by atoms with van der Waals surface area (Å²) in [6.07, 6.45) is 1.90. The van der Waals surface area contributed by atoms with Gasteiger partial charge in [-0.3, -0.25) is 4.79 Å². The van der Waals surface area contributed by atoms with Gasteiger partial charge in [-0.05, 0) is 19.1 Å². The third-order valence-corrected chi connectivity index (χ3v) is 5.71. The van der Waals surface area contributed by atoms with Crippen molar-refractivity contribution in [3.05, 3.63) is 40.1 Å². The first-order valence-electron chi connectivity index (χ1n) is 8.16. The van der Waals surface area contributed by atoms with Gasteiger partial charge < -0.3 is 18.9 Å². The molecule has 7 heteroatoms. The fourth-order valence-electron chi connectivity index (χ4n) is 3.61. The van der Waals surface area contributed by atoms with Crippen molar-refractivity contribution in [1.82, 2.24) is 14.5 Å². The zero-order valence-electron chi connectivity index (χ0n) is 13.8. The minimum Gasteiger partial charge on any atom is -0.379 e. The van der Waals surface area contributed by atoms with Crippen LogP contribution < -0.4 is 0 Å². The maximum Gasteiger partial charge on any atom is 0.270 e. The highest BCUT2D eigenvalue weighted by Crippen LogP contribution is 2.33. The average Bonchev–Trinajstić information content (AvgIpc) is 3.29. The highest BCUT2D eigenvalue weighted by Gasteiger charge is 2.48. The molecule has 4 heterocycles. The Hall–Kier alpha value is -1.70. The van der Waals surface area contributed by atoms with E-state index in [1.807, 2.05) is 47.1 Å². The number of rotatable bonds is 4. The first-order chi connectivity index (χ1) is 11.6. The summed E-state index contributed by atoms with van der Waals surface area (Å²) in [5, 5.41) is 3.07. The van der Waals surface area contributed by atoms with Gasteiger partial charge in [0, 0.05) is 31.1 Å². The molecule has 6 nitrogen and oxygen atoms in total. The van der Waals surface area contributed by atoms with Crippen LogP contribution in [0.3, 0.4) is 0 Å². The molecule has 0 spiro atoms. The van der Waals surface area contributed by atoms with Gasteiger partial charge in [-0.2, -0.15) is 0 Å². The number of nitrogens with zero attached hydrogens (tertiary/aromatic N) is 3. The van der Waals surface area contributed by atoms with Crippen molar-refractivity contribution in [3.8, 4) is 0 Å². The van der Waals surface area contributed by atoms with Crippen molar-refractivity contribution in [2.24, 2.45) is 13.0 Å². The lowest BCUT2D eigenvalue weighted by Gasteiger charge is -2.22. The van der Waals surface area contributed by atoms with Crippen molar-refractivity contribution in [1.29, 1.82) is 0 Å². The van der Waals surface area contributed by atoms with E-state index >= 15 is 0 Å². The largest absolute Gasteiger partial charge is 0.379 e. The quantitative estimate of drug-likeness (QED) is 0.847. The van der Waals surface area contributed by atoms with E-state index in [1.165, 1.54) is 0 Å². The first kappa shape index (κ1) is 15.8. The molecule has 3 atom stereocenters. The second-order valence-corrected chi connectivity index (χ2v) is 7.50. The van der Waals surface area contributed by atoms with Gasteiger partial charge in [0.25, 0.3) is 5.91 Å². The molecule has 2 aromatic rings. The van der Waals surface area contributed by atoms with Gasteiger partial charge in [-0.15, -0.1) is 11.3 Å². The van der Waals surface area contributed by atoms with Crippen molar-refractivity contribution in [3.63, 3.8) is 0 Å². The second-order valence-electron chi connectivity index (χ2n) is 6.44.